The molecule has 2 amide bonds. The van der Waals surface area contributed by atoms with E-state index in [4.69, 9.17) is 5.73 Å². The van der Waals surface area contributed by atoms with Gasteiger partial charge in [0, 0.05) is 24.8 Å². The van der Waals surface area contributed by atoms with Crippen LogP contribution in [0.25, 0.3) is 22.4 Å². The Hall–Kier alpha value is -4.47. The van der Waals surface area contributed by atoms with E-state index in [0.29, 0.717) is 16.7 Å². The van der Waals surface area contributed by atoms with Gasteiger partial charge in [0.15, 0.2) is 0 Å². The Labute approximate surface area is 194 Å². The van der Waals surface area contributed by atoms with Gasteiger partial charge in [-0.05, 0) is 62.7 Å². The van der Waals surface area contributed by atoms with E-state index in [0.717, 1.165) is 36.1 Å². The molecule has 5 rings (SSSR count). The monoisotopic (exact) mass is 457 g/mol. The summed E-state index contributed by atoms with van der Waals surface area (Å²) in [6.07, 6.45) is 0. The maximum Gasteiger partial charge on any atom is 0.262 e. The molecule has 172 valence electrons. The third-order valence-corrected chi connectivity index (χ3v) is 6.10. The van der Waals surface area contributed by atoms with E-state index in [-0.39, 0.29) is 16.9 Å². The molecule has 1 aliphatic heterocycles. The van der Waals surface area contributed by atoms with Crippen LogP contribution in [0.3, 0.4) is 0 Å². The molecule has 0 radical (unpaired) electrons. The van der Waals surface area contributed by atoms with Gasteiger partial charge in [0.05, 0.1) is 22.5 Å². The highest BCUT2D eigenvalue weighted by atomic mass is 16.2. The number of aryl methyl sites for hydroxylation is 1. The normalized spacial score (nSPS) is 12.8. The van der Waals surface area contributed by atoms with Crippen molar-refractivity contribution in [1.29, 1.82) is 0 Å². The van der Waals surface area contributed by atoms with Crippen molar-refractivity contribution in [3.8, 4) is 11.4 Å². The van der Waals surface area contributed by atoms with Crippen molar-refractivity contribution >= 4 is 34.4 Å². The molecule has 4 aromatic rings. The predicted molar refractivity (Wildman–Crippen MR) is 129 cm³/mol. The molecule has 34 heavy (non-hydrogen) atoms. The molecule has 3 N–H and O–H groups in total. The van der Waals surface area contributed by atoms with Crippen LogP contribution in [0.5, 0.6) is 0 Å². The Morgan fingerprint density at radius 2 is 1.59 bits per heavy atom. The van der Waals surface area contributed by atoms with Crippen LogP contribution in [-0.4, -0.2) is 44.5 Å². The SMILES string of the molecule is CCN(CC)c1ccc(-n2nc3cc(C)c(-n4c(N)c5c(cc4=O)C(=O)NC5=O)cc3n2)cc1. The minimum absolute atomic E-state index is 0.000966. The molecular weight excluding hydrogens is 434 g/mol. The summed E-state index contributed by atoms with van der Waals surface area (Å²) in [5.74, 6) is -1.34. The van der Waals surface area contributed by atoms with Crippen molar-refractivity contribution < 1.29 is 9.59 Å². The smallest absolute Gasteiger partial charge is 0.262 e. The first-order chi connectivity index (χ1) is 16.3. The fourth-order valence-electron chi connectivity index (χ4n) is 4.33. The van der Waals surface area contributed by atoms with Gasteiger partial charge in [0.2, 0.25) is 0 Å². The quantitative estimate of drug-likeness (QED) is 0.440. The number of hydrogen-bond donors (Lipinski definition) is 2. The van der Waals surface area contributed by atoms with Crippen LogP contribution in [0.1, 0.15) is 40.1 Å². The molecule has 0 saturated carbocycles. The zero-order chi connectivity index (χ0) is 24.1. The second-order valence-electron chi connectivity index (χ2n) is 8.08. The number of imide groups is 1. The van der Waals surface area contributed by atoms with Crippen molar-refractivity contribution in [1.82, 2.24) is 24.9 Å². The molecule has 0 unspecified atom stereocenters. The van der Waals surface area contributed by atoms with E-state index in [9.17, 15) is 14.4 Å². The summed E-state index contributed by atoms with van der Waals surface area (Å²) in [6, 6.07) is 12.6. The van der Waals surface area contributed by atoms with Crippen LogP contribution >= 0.6 is 0 Å². The lowest BCUT2D eigenvalue weighted by molar-refractivity contribution is 0.0880. The van der Waals surface area contributed by atoms with Gasteiger partial charge in [-0.3, -0.25) is 24.3 Å². The first kappa shape index (κ1) is 21.4. The number of nitrogen functional groups attached to an aromatic ring is 1. The minimum atomic E-state index is -0.627. The molecule has 2 aromatic carbocycles. The molecule has 0 fully saturated rings. The van der Waals surface area contributed by atoms with Crippen LogP contribution in [0.2, 0.25) is 0 Å². The van der Waals surface area contributed by atoms with Gasteiger partial charge in [-0.1, -0.05) is 0 Å². The van der Waals surface area contributed by atoms with Crippen molar-refractivity contribution in [3.63, 3.8) is 0 Å². The number of nitrogens with one attached hydrogen (secondary N) is 1. The van der Waals surface area contributed by atoms with Crippen LogP contribution in [-0.2, 0) is 0 Å². The fraction of sp³-hybridized carbons (Fsp3) is 0.208. The molecular formula is C24H23N7O3. The van der Waals surface area contributed by atoms with Crippen LogP contribution in [0.15, 0.2) is 47.3 Å². The van der Waals surface area contributed by atoms with E-state index in [2.05, 4.69) is 34.3 Å². The third kappa shape index (κ3) is 3.22. The minimum Gasteiger partial charge on any atom is -0.384 e. The summed E-state index contributed by atoms with van der Waals surface area (Å²) >= 11 is 0. The molecule has 0 aliphatic carbocycles. The number of fused-ring (bicyclic) bond motifs is 2. The lowest BCUT2D eigenvalue weighted by atomic mass is 10.1. The second kappa shape index (κ2) is 7.84. The number of anilines is 2. The van der Waals surface area contributed by atoms with E-state index < -0.39 is 17.4 Å². The number of amides is 2. The van der Waals surface area contributed by atoms with Crippen molar-refractivity contribution in [2.24, 2.45) is 0 Å². The van der Waals surface area contributed by atoms with Crippen molar-refractivity contribution in [3.05, 3.63) is 69.5 Å². The van der Waals surface area contributed by atoms with Crippen LogP contribution in [0, 0.1) is 6.92 Å². The lowest BCUT2D eigenvalue weighted by Gasteiger charge is -2.20. The summed E-state index contributed by atoms with van der Waals surface area (Å²) in [6.45, 7) is 7.88. The van der Waals surface area contributed by atoms with Crippen molar-refractivity contribution in [2.45, 2.75) is 20.8 Å². The number of nitrogens with zero attached hydrogens (tertiary/aromatic N) is 5. The largest absolute Gasteiger partial charge is 0.384 e. The molecule has 1 aliphatic rings. The first-order valence-corrected chi connectivity index (χ1v) is 11.0. The predicted octanol–water partition coefficient (Wildman–Crippen LogP) is 2.19. The topological polar surface area (TPSA) is 128 Å². The second-order valence-corrected chi connectivity index (χ2v) is 8.08. The number of pyridine rings is 1. The van der Waals surface area contributed by atoms with E-state index in [1.807, 2.05) is 37.3 Å². The lowest BCUT2D eigenvalue weighted by Crippen LogP contribution is -2.24. The Balaban J connectivity index is 1.60. The summed E-state index contributed by atoms with van der Waals surface area (Å²) < 4.78 is 1.23. The van der Waals surface area contributed by atoms with Gasteiger partial charge in [0.1, 0.15) is 16.9 Å². The van der Waals surface area contributed by atoms with E-state index in [1.165, 1.54) is 4.57 Å². The van der Waals surface area contributed by atoms with E-state index in [1.54, 1.807) is 10.9 Å². The summed E-state index contributed by atoms with van der Waals surface area (Å²) in [5, 5.41) is 11.3. The first-order valence-electron chi connectivity index (χ1n) is 11.0. The molecule has 0 atom stereocenters. The third-order valence-electron chi connectivity index (χ3n) is 6.10. The molecule has 0 spiro atoms. The molecule has 10 nitrogen and oxygen atoms in total. The summed E-state index contributed by atoms with van der Waals surface area (Å²) in [4.78, 5) is 40.8. The molecule has 3 heterocycles. The Kier molecular flexibility index (Phi) is 4.93. The average molecular weight is 457 g/mol. The number of nitrogens with two attached hydrogens (primary N) is 1. The van der Waals surface area contributed by atoms with Crippen LogP contribution < -0.4 is 21.5 Å². The Morgan fingerprint density at radius 1 is 0.941 bits per heavy atom. The average Bonchev–Trinajstić information content (AvgIpc) is 3.34. The van der Waals surface area contributed by atoms with Gasteiger partial charge in [-0.2, -0.15) is 4.80 Å². The van der Waals surface area contributed by atoms with Crippen molar-refractivity contribution in [2.75, 3.05) is 23.7 Å². The highest BCUT2D eigenvalue weighted by molar-refractivity contribution is 6.23. The molecule has 2 aromatic heterocycles. The van der Waals surface area contributed by atoms with Gasteiger partial charge in [-0.15, -0.1) is 10.2 Å². The van der Waals surface area contributed by atoms with Gasteiger partial charge < -0.3 is 10.6 Å². The maximum atomic E-state index is 12.9. The Morgan fingerprint density at radius 3 is 2.24 bits per heavy atom. The van der Waals surface area contributed by atoms with Gasteiger partial charge in [-0.25, -0.2) is 0 Å². The molecule has 0 bridgehead atoms. The van der Waals surface area contributed by atoms with Gasteiger partial charge >= 0.3 is 0 Å². The number of aromatic nitrogens is 4. The zero-order valence-corrected chi connectivity index (χ0v) is 19.0. The summed E-state index contributed by atoms with van der Waals surface area (Å²) in [7, 11) is 0. The highest BCUT2D eigenvalue weighted by Crippen LogP contribution is 2.27. The van der Waals surface area contributed by atoms with Gasteiger partial charge in [0.25, 0.3) is 17.4 Å². The standard InChI is InChI=1S/C24H23N7O3/c1-4-29(5-2)14-6-8-15(9-7-14)31-27-17-10-13(3)19(12-18(17)28-31)30-20(32)11-16-21(22(30)25)24(34)26-23(16)33/h6-12H,4-5,25H2,1-3H3,(H,26,33,34). The number of benzene rings is 2. The van der Waals surface area contributed by atoms with Crippen LogP contribution in [0.4, 0.5) is 11.5 Å². The number of rotatable bonds is 5. The number of carbonyl (C=O) groups excluding carboxylic acids is 2. The molecule has 0 saturated heterocycles. The number of carbonyl (C=O) groups is 2. The zero-order valence-electron chi connectivity index (χ0n) is 19.0. The number of hydrogen-bond acceptors (Lipinski definition) is 7. The summed E-state index contributed by atoms with van der Waals surface area (Å²) in [5.41, 5.74) is 9.99. The molecule has 10 heteroatoms. The van der Waals surface area contributed by atoms with E-state index >= 15 is 0 Å². The maximum absolute atomic E-state index is 12.9. The fourth-order valence-corrected chi connectivity index (χ4v) is 4.33. The Bertz CT molecular complexity index is 1530. The highest BCUT2D eigenvalue weighted by Gasteiger charge is 2.32.